The van der Waals surface area contributed by atoms with Crippen LogP contribution in [-0.2, 0) is 23.4 Å². The van der Waals surface area contributed by atoms with Crippen LogP contribution in [0, 0.1) is 17.8 Å². The normalized spacial score (nSPS) is 39.0. The fourth-order valence-electron chi connectivity index (χ4n) is 4.03. The lowest BCUT2D eigenvalue weighted by Gasteiger charge is -2.55. The van der Waals surface area contributed by atoms with Gasteiger partial charge in [0.25, 0.3) is 0 Å². The van der Waals surface area contributed by atoms with E-state index in [0.29, 0.717) is 13.2 Å². The fraction of sp³-hybridized carbons (Fsp3) is 0.950. The van der Waals surface area contributed by atoms with Crippen molar-refractivity contribution in [2.45, 2.75) is 91.0 Å². The molecule has 2 rings (SSSR count). The molecule has 0 radical (unpaired) electrons. The van der Waals surface area contributed by atoms with Crippen LogP contribution in [0.1, 0.15) is 54.9 Å². The first-order chi connectivity index (χ1) is 11.8. The molecule has 26 heavy (non-hydrogen) atoms. The highest BCUT2D eigenvalue weighted by atomic mass is 28.4. The number of hydrogen-bond donors (Lipinski definition) is 0. The number of ether oxygens (including phenoxy) is 3. The van der Waals surface area contributed by atoms with Crippen molar-refractivity contribution in [3.8, 4) is 0 Å². The lowest BCUT2D eigenvalue weighted by Crippen LogP contribution is -2.64. The molecule has 0 aromatic rings. The Balaban J connectivity index is 2.24. The van der Waals surface area contributed by atoms with Crippen molar-refractivity contribution in [3.63, 3.8) is 0 Å². The first kappa shape index (κ1) is 21.9. The minimum absolute atomic E-state index is 0.0454. The lowest BCUT2D eigenvalue weighted by molar-refractivity contribution is -0.357. The van der Waals surface area contributed by atoms with Crippen LogP contribution in [0.25, 0.3) is 0 Å². The fourth-order valence-corrected chi connectivity index (χ4v) is 5.46. The van der Waals surface area contributed by atoms with Gasteiger partial charge >= 0.3 is 5.97 Å². The zero-order valence-corrected chi connectivity index (χ0v) is 19.0. The van der Waals surface area contributed by atoms with Crippen LogP contribution in [-0.4, -0.2) is 45.5 Å². The summed E-state index contributed by atoms with van der Waals surface area (Å²) >= 11 is 0. The summed E-state index contributed by atoms with van der Waals surface area (Å²) in [6, 6.07) is 0. The predicted octanol–water partition coefficient (Wildman–Crippen LogP) is 4.36. The Morgan fingerprint density at radius 2 is 1.73 bits per heavy atom. The highest BCUT2D eigenvalue weighted by molar-refractivity contribution is 6.74. The molecule has 0 aromatic carbocycles. The number of esters is 1. The van der Waals surface area contributed by atoms with Gasteiger partial charge < -0.3 is 18.6 Å². The molecule has 0 bridgehead atoms. The predicted molar refractivity (Wildman–Crippen MR) is 104 cm³/mol. The lowest BCUT2D eigenvalue weighted by atomic mass is 9.75. The summed E-state index contributed by atoms with van der Waals surface area (Å²) in [6.07, 6.45) is 0.771. The van der Waals surface area contributed by atoms with Crippen LogP contribution < -0.4 is 0 Å². The Morgan fingerprint density at radius 1 is 1.12 bits per heavy atom. The molecular formula is C20H38O5Si. The average Bonchev–Trinajstić information content (AvgIpc) is 2.50. The van der Waals surface area contributed by atoms with Gasteiger partial charge in [0.1, 0.15) is 6.10 Å². The van der Waals surface area contributed by atoms with Gasteiger partial charge in [-0.05, 0) is 24.6 Å². The molecule has 2 aliphatic heterocycles. The number of rotatable bonds is 3. The SMILES string of the molecule is CC(=O)O[C@@H]1[C@H](C)CO[C@]2(OCC[C@@H](O[Si](C)(C)C(C)(C)C)[C@@H]2C)[C@@H]1C. The zero-order valence-electron chi connectivity index (χ0n) is 18.0. The van der Waals surface area contributed by atoms with Gasteiger partial charge in [-0.1, -0.05) is 41.5 Å². The van der Waals surface area contributed by atoms with Crippen molar-refractivity contribution in [2.24, 2.45) is 17.8 Å². The largest absolute Gasteiger partial charge is 0.462 e. The molecule has 0 amide bonds. The third-order valence-electron chi connectivity index (χ3n) is 6.74. The molecule has 1 spiro atoms. The quantitative estimate of drug-likeness (QED) is 0.533. The molecule has 0 unspecified atom stereocenters. The number of hydrogen-bond acceptors (Lipinski definition) is 5. The standard InChI is InChI=1S/C20H38O5Si/c1-13-12-23-20(15(3)18(13)24-16(4)21)14(2)17(10-11-22-20)25-26(8,9)19(5,6)7/h13-15,17-18H,10-12H2,1-9H3/t13-,14+,15-,17-,18-,20+/m1/s1. The second kappa shape index (κ2) is 7.53. The Hall–Kier alpha value is -0.433. The summed E-state index contributed by atoms with van der Waals surface area (Å²) in [7, 11) is -1.89. The van der Waals surface area contributed by atoms with Crippen molar-refractivity contribution in [1.82, 2.24) is 0 Å². The van der Waals surface area contributed by atoms with E-state index >= 15 is 0 Å². The maximum absolute atomic E-state index is 11.6. The molecule has 6 heteroatoms. The highest BCUT2D eigenvalue weighted by Gasteiger charge is 2.57. The molecule has 5 nitrogen and oxygen atoms in total. The van der Waals surface area contributed by atoms with E-state index in [-0.39, 0.29) is 41.0 Å². The van der Waals surface area contributed by atoms with E-state index in [1.807, 2.05) is 0 Å². The summed E-state index contributed by atoms with van der Waals surface area (Å²) in [5, 5.41) is 0.159. The van der Waals surface area contributed by atoms with Gasteiger partial charge in [0.15, 0.2) is 14.1 Å². The van der Waals surface area contributed by atoms with Gasteiger partial charge in [-0.2, -0.15) is 0 Å². The van der Waals surface area contributed by atoms with Crippen molar-refractivity contribution in [3.05, 3.63) is 0 Å². The summed E-state index contributed by atoms with van der Waals surface area (Å²) in [5.41, 5.74) is 0. The van der Waals surface area contributed by atoms with E-state index in [9.17, 15) is 4.79 Å². The van der Waals surface area contributed by atoms with E-state index < -0.39 is 14.1 Å². The van der Waals surface area contributed by atoms with Crippen LogP contribution in [0.2, 0.25) is 18.1 Å². The van der Waals surface area contributed by atoms with E-state index in [0.717, 1.165) is 6.42 Å². The van der Waals surface area contributed by atoms with Crippen molar-refractivity contribution < 1.29 is 23.4 Å². The topological polar surface area (TPSA) is 54.0 Å². The molecule has 0 aromatic heterocycles. The second-order valence-corrected chi connectivity index (χ2v) is 14.5. The van der Waals surface area contributed by atoms with Gasteiger partial charge in [-0.15, -0.1) is 0 Å². The van der Waals surface area contributed by atoms with Crippen LogP contribution in [0.4, 0.5) is 0 Å². The van der Waals surface area contributed by atoms with Crippen LogP contribution in [0.3, 0.4) is 0 Å². The molecule has 2 saturated heterocycles. The Bertz CT molecular complexity index is 515. The van der Waals surface area contributed by atoms with Crippen molar-refractivity contribution in [1.29, 1.82) is 0 Å². The van der Waals surface area contributed by atoms with Crippen LogP contribution in [0.15, 0.2) is 0 Å². The molecule has 152 valence electrons. The Labute approximate surface area is 160 Å². The maximum atomic E-state index is 11.6. The third kappa shape index (κ3) is 4.03. The van der Waals surface area contributed by atoms with E-state index in [1.165, 1.54) is 6.92 Å². The zero-order chi connectivity index (χ0) is 19.9. The van der Waals surface area contributed by atoms with Crippen LogP contribution in [0.5, 0.6) is 0 Å². The Kier molecular flexibility index (Phi) is 6.33. The van der Waals surface area contributed by atoms with Crippen molar-refractivity contribution >= 4 is 14.3 Å². The van der Waals surface area contributed by atoms with Gasteiger partial charge in [0, 0.05) is 24.7 Å². The molecule has 2 fully saturated rings. The van der Waals surface area contributed by atoms with E-state index in [1.54, 1.807) is 0 Å². The summed E-state index contributed by atoms with van der Waals surface area (Å²) in [6.45, 7) is 20.3. The second-order valence-electron chi connectivity index (χ2n) is 9.71. The Morgan fingerprint density at radius 3 is 2.27 bits per heavy atom. The first-order valence-corrected chi connectivity index (χ1v) is 12.9. The third-order valence-corrected chi connectivity index (χ3v) is 11.2. The molecular weight excluding hydrogens is 348 g/mol. The smallest absolute Gasteiger partial charge is 0.302 e. The van der Waals surface area contributed by atoms with Gasteiger partial charge in [0.2, 0.25) is 0 Å². The molecule has 0 aliphatic carbocycles. The first-order valence-electron chi connectivity index (χ1n) is 9.95. The van der Waals surface area contributed by atoms with Crippen molar-refractivity contribution in [2.75, 3.05) is 13.2 Å². The number of carbonyl (C=O) groups is 1. The molecule has 2 heterocycles. The highest BCUT2D eigenvalue weighted by Crippen LogP contribution is 2.48. The molecule has 6 atom stereocenters. The van der Waals surface area contributed by atoms with E-state index in [2.05, 4.69) is 54.6 Å². The molecule has 2 aliphatic rings. The number of carbonyl (C=O) groups excluding carboxylic acids is 1. The minimum Gasteiger partial charge on any atom is -0.462 e. The van der Waals surface area contributed by atoms with Gasteiger partial charge in [-0.25, -0.2) is 0 Å². The van der Waals surface area contributed by atoms with Gasteiger partial charge in [-0.3, -0.25) is 4.79 Å². The average molecular weight is 387 g/mol. The molecule has 0 saturated carbocycles. The van der Waals surface area contributed by atoms with E-state index in [4.69, 9.17) is 18.6 Å². The van der Waals surface area contributed by atoms with Gasteiger partial charge in [0.05, 0.1) is 19.3 Å². The summed E-state index contributed by atoms with van der Waals surface area (Å²) in [5.74, 6) is -0.819. The monoisotopic (exact) mass is 386 g/mol. The molecule has 0 N–H and O–H groups in total. The maximum Gasteiger partial charge on any atom is 0.302 e. The van der Waals surface area contributed by atoms with Crippen LogP contribution >= 0.6 is 0 Å². The minimum atomic E-state index is -1.89. The summed E-state index contributed by atoms with van der Waals surface area (Å²) in [4.78, 5) is 11.6. The summed E-state index contributed by atoms with van der Waals surface area (Å²) < 4.78 is 24.9.